The molecule has 0 bridgehead atoms. The summed E-state index contributed by atoms with van der Waals surface area (Å²) in [4.78, 5) is 19.1. The molecule has 0 fully saturated rings. The molecule has 0 unspecified atom stereocenters. The van der Waals surface area contributed by atoms with E-state index in [0.717, 1.165) is 9.99 Å². The second-order valence-electron chi connectivity index (χ2n) is 3.48. The molecule has 2 N–H and O–H groups in total. The second-order valence-corrected chi connectivity index (χ2v) is 4.66. The van der Waals surface area contributed by atoms with Gasteiger partial charge in [-0.05, 0) is 22.0 Å². The Morgan fingerprint density at radius 2 is 2.39 bits per heavy atom. The highest BCUT2D eigenvalue weighted by Gasteiger charge is 2.11. The Kier molecular flexibility index (Phi) is 4.03. The molecular weight excluding hydrogens is 323 g/mol. The molecule has 1 amide bonds. The summed E-state index contributed by atoms with van der Waals surface area (Å²) in [7, 11) is 0. The highest BCUT2D eigenvalue weighted by Crippen LogP contribution is 2.19. The van der Waals surface area contributed by atoms with Crippen LogP contribution in [-0.4, -0.2) is 27.2 Å². The Hall–Kier alpha value is -1.34. The molecule has 0 spiro atoms. The fraction of sp³-hybridized carbons (Fsp3) is 0.300. The van der Waals surface area contributed by atoms with Crippen molar-refractivity contribution in [2.45, 2.75) is 12.4 Å². The number of amides is 1. The molecule has 18 heavy (non-hydrogen) atoms. The van der Waals surface area contributed by atoms with Crippen LogP contribution in [-0.2, 0) is 17.2 Å². The summed E-state index contributed by atoms with van der Waals surface area (Å²) >= 11 is 9.16. The number of imidazole rings is 1. The number of pyridine rings is 1. The van der Waals surface area contributed by atoms with Crippen LogP contribution in [0.1, 0.15) is 5.82 Å². The third kappa shape index (κ3) is 2.73. The first-order valence-corrected chi connectivity index (χ1v) is 6.43. The maximum atomic E-state index is 10.5. The normalized spacial score (nSPS) is 10.8. The van der Waals surface area contributed by atoms with Crippen molar-refractivity contribution in [1.82, 2.24) is 14.5 Å². The standard InChI is InChI=1S/C10H10BrClN4O2/c11-6-3-7-9(14-5-6)16(8(4-12)15-7)1-2-18-10(13)17/h3,5H,1-2,4H2,(H2,13,17). The van der Waals surface area contributed by atoms with Gasteiger partial charge in [0.1, 0.15) is 17.9 Å². The van der Waals surface area contributed by atoms with Gasteiger partial charge < -0.3 is 15.0 Å². The number of nitrogens with zero attached hydrogens (tertiary/aromatic N) is 3. The van der Waals surface area contributed by atoms with Crippen molar-refractivity contribution in [3.8, 4) is 0 Å². The van der Waals surface area contributed by atoms with Crippen LogP contribution in [0.4, 0.5) is 4.79 Å². The molecule has 96 valence electrons. The largest absolute Gasteiger partial charge is 0.448 e. The molecule has 0 saturated heterocycles. The highest BCUT2D eigenvalue weighted by atomic mass is 79.9. The smallest absolute Gasteiger partial charge is 0.404 e. The van der Waals surface area contributed by atoms with Gasteiger partial charge in [0.15, 0.2) is 5.65 Å². The number of ether oxygens (including phenoxy) is 1. The summed E-state index contributed by atoms with van der Waals surface area (Å²) in [5.41, 5.74) is 6.33. The minimum absolute atomic E-state index is 0.155. The number of carbonyl (C=O) groups excluding carboxylic acids is 1. The predicted molar refractivity (Wildman–Crippen MR) is 70.3 cm³/mol. The van der Waals surface area contributed by atoms with Crippen LogP contribution >= 0.6 is 27.5 Å². The van der Waals surface area contributed by atoms with Crippen LogP contribution in [0.15, 0.2) is 16.7 Å². The van der Waals surface area contributed by atoms with E-state index in [4.69, 9.17) is 22.1 Å². The number of primary amides is 1. The first-order valence-electron chi connectivity index (χ1n) is 5.10. The van der Waals surface area contributed by atoms with Gasteiger partial charge in [-0.2, -0.15) is 0 Å². The van der Waals surface area contributed by atoms with Gasteiger partial charge >= 0.3 is 6.09 Å². The van der Waals surface area contributed by atoms with Crippen molar-refractivity contribution in [1.29, 1.82) is 0 Å². The number of hydrogen-bond donors (Lipinski definition) is 1. The van der Waals surface area contributed by atoms with E-state index in [1.807, 2.05) is 6.07 Å². The van der Waals surface area contributed by atoms with Gasteiger partial charge in [0.2, 0.25) is 0 Å². The Morgan fingerprint density at radius 1 is 1.61 bits per heavy atom. The minimum Gasteiger partial charge on any atom is -0.448 e. The second kappa shape index (κ2) is 5.53. The van der Waals surface area contributed by atoms with E-state index in [9.17, 15) is 4.79 Å². The lowest BCUT2D eigenvalue weighted by Crippen LogP contribution is -2.17. The molecule has 0 aromatic carbocycles. The molecule has 0 aliphatic carbocycles. The zero-order valence-electron chi connectivity index (χ0n) is 9.27. The topological polar surface area (TPSA) is 83.0 Å². The molecule has 2 heterocycles. The molecule has 0 aliphatic rings. The van der Waals surface area contributed by atoms with Crippen molar-refractivity contribution >= 4 is 44.8 Å². The van der Waals surface area contributed by atoms with Gasteiger partial charge in [0, 0.05) is 10.7 Å². The number of alkyl halides is 1. The van der Waals surface area contributed by atoms with Gasteiger partial charge in [-0.15, -0.1) is 11.6 Å². The summed E-state index contributed by atoms with van der Waals surface area (Å²) in [6.07, 6.45) is 0.871. The van der Waals surface area contributed by atoms with Crippen molar-refractivity contribution in [3.05, 3.63) is 22.6 Å². The van der Waals surface area contributed by atoms with E-state index in [0.29, 0.717) is 18.0 Å². The molecule has 2 aromatic rings. The van der Waals surface area contributed by atoms with Gasteiger partial charge in [0.25, 0.3) is 0 Å². The molecule has 0 aliphatic heterocycles. The Morgan fingerprint density at radius 3 is 3.06 bits per heavy atom. The molecular formula is C10H10BrClN4O2. The lowest BCUT2D eigenvalue weighted by molar-refractivity contribution is 0.152. The fourth-order valence-corrected chi connectivity index (χ4v) is 2.13. The van der Waals surface area contributed by atoms with E-state index >= 15 is 0 Å². The quantitative estimate of drug-likeness (QED) is 0.868. The number of hydrogen-bond acceptors (Lipinski definition) is 4. The molecule has 0 atom stereocenters. The Bertz CT molecular complexity index is 587. The van der Waals surface area contributed by atoms with E-state index in [2.05, 4.69) is 25.9 Å². The molecule has 6 nitrogen and oxygen atoms in total. The number of fused-ring (bicyclic) bond motifs is 1. The van der Waals surface area contributed by atoms with Gasteiger partial charge in [0.05, 0.1) is 12.4 Å². The van der Waals surface area contributed by atoms with Crippen LogP contribution < -0.4 is 5.73 Å². The average Bonchev–Trinajstić information content (AvgIpc) is 2.66. The van der Waals surface area contributed by atoms with Crippen molar-refractivity contribution < 1.29 is 9.53 Å². The predicted octanol–water partition coefficient (Wildman–Crippen LogP) is 2.03. The van der Waals surface area contributed by atoms with E-state index in [1.165, 1.54) is 0 Å². The van der Waals surface area contributed by atoms with E-state index < -0.39 is 6.09 Å². The highest BCUT2D eigenvalue weighted by molar-refractivity contribution is 9.10. The van der Waals surface area contributed by atoms with Crippen LogP contribution in [0.2, 0.25) is 0 Å². The van der Waals surface area contributed by atoms with Crippen molar-refractivity contribution in [3.63, 3.8) is 0 Å². The zero-order chi connectivity index (χ0) is 13.1. The molecule has 2 rings (SSSR count). The van der Waals surface area contributed by atoms with Crippen LogP contribution in [0, 0.1) is 0 Å². The van der Waals surface area contributed by atoms with Crippen molar-refractivity contribution in [2.75, 3.05) is 6.61 Å². The Balaban J connectivity index is 2.31. The third-order valence-corrected chi connectivity index (χ3v) is 2.98. The number of halogens is 2. The number of rotatable bonds is 4. The number of nitrogens with two attached hydrogens (primary N) is 1. The lowest BCUT2D eigenvalue weighted by atomic mass is 10.4. The molecule has 0 radical (unpaired) electrons. The average molecular weight is 334 g/mol. The maximum absolute atomic E-state index is 10.5. The van der Waals surface area contributed by atoms with E-state index in [1.54, 1.807) is 10.8 Å². The lowest BCUT2D eigenvalue weighted by Gasteiger charge is -2.06. The maximum Gasteiger partial charge on any atom is 0.404 e. The monoisotopic (exact) mass is 332 g/mol. The zero-order valence-corrected chi connectivity index (χ0v) is 11.6. The summed E-state index contributed by atoms with van der Waals surface area (Å²) in [5.74, 6) is 0.926. The van der Waals surface area contributed by atoms with Crippen LogP contribution in [0.3, 0.4) is 0 Å². The first kappa shape index (κ1) is 13.1. The summed E-state index contributed by atoms with van der Waals surface area (Å²) in [6.45, 7) is 0.568. The summed E-state index contributed by atoms with van der Waals surface area (Å²) in [5, 5.41) is 0. The minimum atomic E-state index is -0.803. The fourth-order valence-electron chi connectivity index (χ4n) is 1.61. The number of aromatic nitrogens is 3. The van der Waals surface area contributed by atoms with Gasteiger partial charge in [-0.3, -0.25) is 0 Å². The van der Waals surface area contributed by atoms with Crippen LogP contribution in [0.25, 0.3) is 11.2 Å². The third-order valence-electron chi connectivity index (χ3n) is 2.31. The number of carbonyl (C=O) groups is 1. The first-order chi connectivity index (χ1) is 8.61. The van der Waals surface area contributed by atoms with Gasteiger partial charge in [-0.25, -0.2) is 14.8 Å². The van der Waals surface area contributed by atoms with Gasteiger partial charge in [-0.1, -0.05) is 0 Å². The molecule has 2 aromatic heterocycles. The van der Waals surface area contributed by atoms with E-state index in [-0.39, 0.29) is 12.5 Å². The molecule has 0 saturated carbocycles. The molecule has 8 heteroatoms. The summed E-state index contributed by atoms with van der Waals surface area (Å²) < 4.78 is 7.34. The van der Waals surface area contributed by atoms with Crippen molar-refractivity contribution in [2.24, 2.45) is 5.73 Å². The summed E-state index contributed by atoms with van der Waals surface area (Å²) in [6, 6.07) is 1.85. The van der Waals surface area contributed by atoms with Crippen LogP contribution in [0.5, 0.6) is 0 Å². The Labute approximate surface area is 116 Å². The SMILES string of the molecule is NC(=O)OCCn1c(CCl)nc2cc(Br)cnc21.